The largest absolute Gasteiger partial charge is 0.497 e. The van der Waals surface area contributed by atoms with E-state index < -0.39 is 12.2 Å². The van der Waals surface area contributed by atoms with E-state index in [4.69, 9.17) is 16.3 Å². The summed E-state index contributed by atoms with van der Waals surface area (Å²) >= 11 is 5.80. The molecule has 2 nitrogen and oxygen atoms in total. The summed E-state index contributed by atoms with van der Waals surface area (Å²) in [7, 11) is 1.41. The third-order valence-electron chi connectivity index (χ3n) is 2.72. The van der Waals surface area contributed by atoms with E-state index in [1.807, 2.05) is 0 Å². The molecule has 19 heavy (non-hydrogen) atoms. The third-order valence-corrected chi connectivity index (χ3v) is 3.05. The minimum atomic E-state index is -4.45. The first-order valence-corrected chi connectivity index (χ1v) is 5.84. The monoisotopic (exact) mass is 289 g/mol. The van der Waals surface area contributed by atoms with Gasteiger partial charge < -0.3 is 9.30 Å². The van der Waals surface area contributed by atoms with E-state index in [-0.39, 0.29) is 10.7 Å². The molecule has 0 aliphatic heterocycles. The molecular weight excluding hydrogens is 279 g/mol. The number of rotatable bonds is 3. The summed E-state index contributed by atoms with van der Waals surface area (Å²) in [4.78, 5) is 0. The minimum absolute atomic E-state index is 0.0325. The van der Waals surface area contributed by atoms with Crippen molar-refractivity contribution in [3.8, 4) is 5.75 Å². The van der Waals surface area contributed by atoms with E-state index in [2.05, 4.69) is 0 Å². The number of benzene rings is 1. The molecule has 0 saturated heterocycles. The number of hydrogen-bond donors (Lipinski definition) is 0. The number of nitrogens with zero attached hydrogens (tertiary/aromatic N) is 1. The second kappa shape index (κ2) is 5.17. The lowest BCUT2D eigenvalue weighted by Crippen LogP contribution is -2.27. The van der Waals surface area contributed by atoms with Crippen LogP contribution < -0.4 is 4.74 Å². The molecule has 0 amide bonds. The van der Waals surface area contributed by atoms with Crippen molar-refractivity contribution >= 4 is 11.6 Å². The fourth-order valence-electron chi connectivity index (χ4n) is 1.90. The number of alkyl halides is 3. The second-order valence-electron chi connectivity index (χ2n) is 3.96. The highest BCUT2D eigenvalue weighted by molar-refractivity contribution is 6.29. The van der Waals surface area contributed by atoms with Crippen molar-refractivity contribution in [2.45, 2.75) is 12.2 Å². The van der Waals surface area contributed by atoms with Crippen LogP contribution in [0.4, 0.5) is 13.2 Å². The van der Waals surface area contributed by atoms with E-state index in [9.17, 15) is 13.2 Å². The highest BCUT2D eigenvalue weighted by Crippen LogP contribution is 2.38. The van der Waals surface area contributed by atoms with Crippen LogP contribution in [0.3, 0.4) is 0 Å². The van der Waals surface area contributed by atoms with Crippen molar-refractivity contribution in [2.24, 2.45) is 0 Å². The summed E-state index contributed by atoms with van der Waals surface area (Å²) < 4.78 is 45.7. The predicted octanol–water partition coefficient (Wildman–Crippen LogP) is 4.30. The molecule has 0 saturated carbocycles. The first-order valence-electron chi connectivity index (χ1n) is 5.46. The molecule has 6 heteroatoms. The van der Waals surface area contributed by atoms with Gasteiger partial charge in [-0.15, -0.1) is 0 Å². The van der Waals surface area contributed by atoms with Gasteiger partial charge in [0.15, 0.2) is 6.04 Å². The maximum Gasteiger partial charge on any atom is 0.413 e. The Kier molecular flexibility index (Phi) is 3.75. The van der Waals surface area contributed by atoms with Gasteiger partial charge in [0.25, 0.3) is 0 Å². The van der Waals surface area contributed by atoms with Gasteiger partial charge in [0.1, 0.15) is 10.9 Å². The van der Waals surface area contributed by atoms with Gasteiger partial charge in [0.05, 0.1) is 7.11 Å². The molecule has 0 fully saturated rings. The Bertz CT molecular complexity index is 565. The number of hydrogen-bond acceptors (Lipinski definition) is 1. The molecule has 2 rings (SSSR count). The van der Waals surface area contributed by atoms with Gasteiger partial charge in [-0.2, -0.15) is 13.2 Å². The Morgan fingerprint density at radius 1 is 1.21 bits per heavy atom. The molecule has 1 atom stereocenters. The summed E-state index contributed by atoms with van der Waals surface area (Å²) in [6.07, 6.45) is -3.14. The summed E-state index contributed by atoms with van der Waals surface area (Å²) in [6, 6.07) is 6.93. The average molecular weight is 290 g/mol. The van der Waals surface area contributed by atoms with Crippen molar-refractivity contribution < 1.29 is 17.9 Å². The summed E-state index contributed by atoms with van der Waals surface area (Å²) in [5.74, 6) is 0.370. The van der Waals surface area contributed by atoms with E-state index in [0.29, 0.717) is 5.75 Å². The standard InChI is InChI=1S/C13H11ClF3NO/c1-19-10-5-2-4-9(8-10)12(13(15,16)17)18-7-3-6-11(18)14/h2-8,12H,1H3. The van der Waals surface area contributed by atoms with Gasteiger partial charge >= 0.3 is 6.18 Å². The molecule has 102 valence electrons. The summed E-state index contributed by atoms with van der Waals surface area (Å²) in [5.41, 5.74) is 0.0740. The van der Waals surface area contributed by atoms with Gasteiger partial charge in [-0.3, -0.25) is 0 Å². The van der Waals surface area contributed by atoms with Crippen LogP contribution >= 0.6 is 11.6 Å². The molecule has 0 aliphatic carbocycles. The molecule has 0 N–H and O–H groups in total. The van der Waals surface area contributed by atoms with Crippen molar-refractivity contribution in [1.82, 2.24) is 4.57 Å². The van der Waals surface area contributed by atoms with Crippen LogP contribution in [0, 0.1) is 0 Å². The van der Waals surface area contributed by atoms with Gasteiger partial charge in [-0.05, 0) is 29.8 Å². The summed E-state index contributed by atoms with van der Waals surface area (Å²) in [5, 5.41) is 0.0325. The normalized spacial score (nSPS) is 13.3. The Morgan fingerprint density at radius 3 is 2.47 bits per heavy atom. The molecule has 1 aromatic carbocycles. The van der Waals surface area contributed by atoms with Gasteiger partial charge in [0.2, 0.25) is 0 Å². The molecule has 1 aromatic heterocycles. The minimum Gasteiger partial charge on any atom is -0.497 e. The van der Waals surface area contributed by atoms with Crippen LogP contribution in [-0.2, 0) is 0 Å². The molecule has 0 spiro atoms. The quantitative estimate of drug-likeness (QED) is 0.821. The highest BCUT2D eigenvalue weighted by atomic mass is 35.5. The maximum atomic E-state index is 13.3. The zero-order chi connectivity index (χ0) is 14.0. The van der Waals surface area contributed by atoms with Gasteiger partial charge in [-0.25, -0.2) is 0 Å². The molecule has 1 heterocycles. The van der Waals surface area contributed by atoms with Crippen LogP contribution in [-0.4, -0.2) is 17.9 Å². The average Bonchev–Trinajstić information content (AvgIpc) is 2.74. The Balaban J connectivity index is 2.53. The van der Waals surface area contributed by atoms with Crippen LogP contribution in [0.5, 0.6) is 5.75 Å². The van der Waals surface area contributed by atoms with Crippen LogP contribution in [0.1, 0.15) is 11.6 Å². The second-order valence-corrected chi connectivity index (χ2v) is 4.35. The van der Waals surface area contributed by atoms with Crippen LogP contribution in [0.2, 0.25) is 5.15 Å². The lowest BCUT2D eigenvalue weighted by atomic mass is 10.1. The fraction of sp³-hybridized carbons (Fsp3) is 0.231. The van der Waals surface area contributed by atoms with E-state index in [1.54, 1.807) is 6.07 Å². The Morgan fingerprint density at radius 2 is 1.95 bits per heavy atom. The Hall–Kier alpha value is -1.62. The van der Waals surface area contributed by atoms with Gasteiger partial charge in [0, 0.05) is 6.20 Å². The zero-order valence-corrected chi connectivity index (χ0v) is 10.7. The lowest BCUT2D eigenvalue weighted by molar-refractivity contribution is -0.156. The number of aromatic nitrogens is 1. The fourth-order valence-corrected chi connectivity index (χ4v) is 2.13. The van der Waals surface area contributed by atoms with E-state index >= 15 is 0 Å². The number of ether oxygens (including phenoxy) is 1. The van der Waals surface area contributed by atoms with Crippen molar-refractivity contribution in [3.05, 3.63) is 53.3 Å². The number of halogens is 4. The molecule has 1 unspecified atom stereocenters. The van der Waals surface area contributed by atoms with Crippen LogP contribution in [0.25, 0.3) is 0 Å². The Labute approximate surface area is 113 Å². The SMILES string of the molecule is COc1cccc(C(n2cccc2Cl)C(F)(F)F)c1. The molecule has 0 bridgehead atoms. The highest BCUT2D eigenvalue weighted by Gasteiger charge is 2.42. The van der Waals surface area contributed by atoms with E-state index in [1.165, 1.54) is 43.6 Å². The molecule has 0 radical (unpaired) electrons. The van der Waals surface area contributed by atoms with Crippen molar-refractivity contribution in [1.29, 1.82) is 0 Å². The topological polar surface area (TPSA) is 14.2 Å². The first-order chi connectivity index (χ1) is 8.93. The smallest absolute Gasteiger partial charge is 0.413 e. The third kappa shape index (κ3) is 2.87. The zero-order valence-electron chi connectivity index (χ0n) is 9.99. The lowest BCUT2D eigenvalue weighted by Gasteiger charge is -2.23. The number of methoxy groups -OCH3 is 1. The van der Waals surface area contributed by atoms with Crippen LogP contribution in [0.15, 0.2) is 42.6 Å². The molecule has 0 aliphatic rings. The van der Waals surface area contributed by atoms with Gasteiger partial charge in [-0.1, -0.05) is 23.7 Å². The molecular formula is C13H11ClF3NO. The first kappa shape index (κ1) is 13.8. The predicted molar refractivity (Wildman–Crippen MR) is 66.6 cm³/mol. The molecule has 2 aromatic rings. The summed E-state index contributed by atoms with van der Waals surface area (Å²) in [6.45, 7) is 0. The van der Waals surface area contributed by atoms with Crippen molar-refractivity contribution in [2.75, 3.05) is 7.11 Å². The maximum absolute atomic E-state index is 13.3. The van der Waals surface area contributed by atoms with E-state index in [0.717, 1.165) is 4.57 Å². The van der Waals surface area contributed by atoms with Crippen molar-refractivity contribution in [3.63, 3.8) is 0 Å².